The summed E-state index contributed by atoms with van der Waals surface area (Å²) >= 11 is 12.0. The minimum absolute atomic E-state index is 0.0263. The summed E-state index contributed by atoms with van der Waals surface area (Å²) in [5.41, 5.74) is 1.07. The van der Waals surface area contributed by atoms with E-state index in [1.807, 2.05) is 12.1 Å². The number of likely N-dealkylation sites (tertiary alicyclic amines) is 1. The molecular weight excluding hydrogens is 375 g/mol. The average Bonchev–Trinajstić information content (AvgIpc) is 3.11. The van der Waals surface area contributed by atoms with Crippen molar-refractivity contribution in [3.05, 3.63) is 58.3 Å². The number of ether oxygens (including phenoxy) is 2. The standard InChI is InChI=1S/C19H20Cl2N2O3/c1-13(26-18-3-2-15(20)10-17(18)21)19(24)23-9-6-16(11-23)25-12-14-4-7-22-8-5-14/h2-5,7-8,10,13,16H,6,9,11-12H2,1H3/t13-,16-/m1/s1. The third kappa shape index (κ3) is 4.87. The number of amides is 1. The predicted octanol–water partition coefficient (Wildman–Crippen LogP) is 3.97. The monoisotopic (exact) mass is 394 g/mol. The van der Waals surface area contributed by atoms with E-state index in [2.05, 4.69) is 4.98 Å². The number of carbonyl (C=O) groups is 1. The van der Waals surface area contributed by atoms with Crippen molar-refractivity contribution >= 4 is 29.1 Å². The molecule has 0 saturated carbocycles. The molecule has 0 spiro atoms. The summed E-state index contributed by atoms with van der Waals surface area (Å²) in [5.74, 6) is 0.368. The van der Waals surface area contributed by atoms with E-state index in [4.69, 9.17) is 32.7 Å². The maximum Gasteiger partial charge on any atom is 0.263 e. The summed E-state index contributed by atoms with van der Waals surface area (Å²) in [5, 5.41) is 0.909. The van der Waals surface area contributed by atoms with Crippen LogP contribution in [0, 0.1) is 0 Å². The molecule has 1 aliphatic rings. The fourth-order valence-corrected chi connectivity index (χ4v) is 3.28. The lowest BCUT2D eigenvalue weighted by molar-refractivity contribution is -0.137. The Kier molecular flexibility index (Phi) is 6.35. The summed E-state index contributed by atoms with van der Waals surface area (Å²) in [6.07, 6.45) is 3.69. The second-order valence-electron chi connectivity index (χ2n) is 6.20. The van der Waals surface area contributed by atoms with Crippen LogP contribution in [-0.2, 0) is 16.1 Å². The van der Waals surface area contributed by atoms with E-state index >= 15 is 0 Å². The maximum absolute atomic E-state index is 12.6. The summed E-state index contributed by atoms with van der Waals surface area (Å²) in [6, 6.07) is 8.78. The van der Waals surface area contributed by atoms with Gasteiger partial charge in [-0.15, -0.1) is 0 Å². The van der Waals surface area contributed by atoms with Crippen LogP contribution >= 0.6 is 23.2 Å². The topological polar surface area (TPSA) is 51.7 Å². The van der Waals surface area contributed by atoms with E-state index in [1.165, 1.54) is 0 Å². The normalized spacial score (nSPS) is 18.0. The second kappa shape index (κ2) is 8.71. The average molecular weight is 395 g/mol. The van der Waals surface area contributed by atoms with Crippen LogP contribution in [0.25, 0.3) is 0 Å². The Morgan fingerprint density at radius 1 is 1.31 bits per heavy atom. The Bertz CT molecular complexity index is 758. The van der Waals surface area contributed by atoms with Gasteiger partial charge in [-0.05, 0) is 49.2 Å². The zero-order valence-electron chi connectivity index (χ0n) is 14.4. The quantitative estimate of drug-likeness (QED) is 0.743. The van der Waals surface area contributed by atoms with E-state index in [-0.39, 0.29) is 12.0 Å². The SMILES string of the molecule is C[C@@H](Oc1ccc(Cl)cc1Cl)C(=O)N1CC[C@@H](OCc2ccncc2)C1. The molecule has 1 fully saturated rings. The lowest BCUT2D eigenvalue weighted by atomic mass is 10.3. The molecule has 5 nitrogen and oxygen atoms in total. The van der Waals surface area contributed by atoms with Crippen LogP contribution in [-0.4, -0.2) is 41.1 Å². The molecule has 1 aromatic carbocycles. The van der Waals surface area contributed by atoms with Gasteiger partial charge in [0.05, 0.1) is 17.7 Å². The molecule has 0 unspecified atom stereocenters. The largest absolute Gasteiger partial charge is 0.479 e. The van der Waals surface area contributed by atoms with Crippen molar-refractivity contribution in [2.75, 3.05) is 13.1 Å². The minimum atomic E-state index is -0.632. The third-order valence-corrected chi connectivity index (χ3v) is 4.77. The molecule has 2 heterocycles. The molecule has 1 amide bonds. The zero-order valence-corrected chi connectivity index (χ0v) is 15.9. The number of rotatable bonds is 6. The summed E-state index contributed by atoms with van der Waals surface area (Å²) in [4.78, 5) is 18.4. The molecule has 3 rings (SSSR count). The van der Waals surface area contributed by atoms with Gasteiger partial charge in [-0.2, -0.15) is 0 Å². The highest BCUT2D eigenvalue weighted by molar-refractivity contribution is 6.35. The fourth-order valence-electron chi connectivity index (χ4n) is 2.83. The highest BCUT2D eigenvalue weighted by Crippen LogP contribution is 2.28. The van der Waals surface area contributed by atoms with Gasteiger partial charge in [0.1, 0.15) is 5.75 Å². The highest BCUT2D eigenvalue weighted by atomic mass is 35.5. The van der Waals surface area contributed by atoms with Gasteiger partial charge in [-0.3, -0.25) is 9.78 Å². The molecule has 2 atom stereocenters. The Morgan fingerprint density at radius 2 is 2.08 bits per heavy atom. The first kappa shape index (κ1) is 19.0. The number of hydrogen-bond donors (Lipinski definition) is 0. The van der Waals surface area contributed by atoms with E-state index in [0.717, 1.165) is 12.0 Å². The van der Waals surface area contributed by atoms with Crippen LogP contribution in [0.2, 0.25) is 10.0 Å². The van der Waals surface area contributed by atoms with Crippen molar-refractivity contribution in [1.82, 2.24) is 9.88 Å². The molecule has 0 radical (unpaired) electrons. The molecule has 1 aliphatic heterocycles. The highest BCUT2D eigenvalue weighted by Gasteiger charge is 2.30. The Hall–Kier alpha value is -1.82. The van der Waals surface area contributed by atoms with E-state index < -0.39 is 6.10 Å². The molecule has 26 heavy (non-hydrogen) atoms. The molecule has 0 aliphatic carbocycles. The molecule has 0 bridgehead atoms. The number of hydrogen-bond acceptors (Lipinski definition) is 4. The number of benzene rings is 1. The first-order valence-electron chi connectivity index (χ1n) is 8.44. The number of nitrogens with zero attached hydrogens (tertiary/aromatic N) is 2. The van der Waals surface area contributed by atoms with Crippen molar-refractivity contribution in [2.24, 2.45) is 0 Å². The van der Waals surface area contributed by atoms with Crippen molar-refractivity contribution in [3.63, 3.8) is 0 Å². The van der Waals surface area contributed by atoms with Crippen LogP contribution in [0.15, 0.2) is 42.7 Å². The third-order valence-electron chi connectivity index (χ3n) is 4.24. The number of carbonyl (C=O) groups excluding carboxylic acids is 1. The van der Waals surface area contributed by atoms with Gasteiger partial charge in [0.25, 0.3) is 5.91 Å². The molecule has 138 valence electrons. The molecule has 0 N–H and O–H groups in total. The molecule has 1 saturated heterocycles. The zero-order chi connectivity index (χ0) is 18.5. The van der Waals surface area contributed by atoms with Crippen molar-refractivity contribution < 1.29 is 14.3 Å². The first-order chi connectivity index (χ1) is 12.5. The number of halogens is 2. The molecular formula is C19H20Cl2N2O3. The predicted molar refractivity (Wildman–Crippen MR) is 101 cm³/mol. The van der Waals surface area contributed by atoms with Crippen LogP contribution in [0.4, 0.5) is 0 Å². The maximum atomic E-state index is 12.6. The second-order valence-corrected chi connectivity index (χ2v) is 7.04. The Labute approximate surface area is 162 Å². The van der Waals surface area contributed by atoms with Gasteiger partial charge in [0.15, 0.2) is 6.10 Å². The van der Waals surface area contributed by atoms with Crippen LogP contribution in [0.1, 0.15) is 18.9 Å². The van der Waals surface area contributed by atoms with Gasteiger partial charge in [-0.25, -0.2) is 0 Å². The minimum Gasteiger partial charge on any atom is -0.479 e. The Balaban J connectivity index is 1.50. The summed E-state index contributed by atoms with van der Waals surface area (Å²) in [6.45, 7) is 3.45. The van der Waals surface area contributed by atoms with Crippen molar-refractivity contribution in [1.29, 1.82) is 0 Å². The van der Waals surface area contributed by atoms with Crippen molar-refractivity contribution in [2.45, 2.75) is 32.2 Å². The van der Waals surface area contributed by atoms with Gasteiger partial charge in [0, 0.05) is 30.5 Å². The summed E-state index contributed by atoms with van der Waals surface area (Å²) < 4.78 is 11.6. The lowest BCUT2D eigenvalue weighted by Gasteiger charge is -2.22. The van der Waals surface area contributed by atoms with Gasteiger partial charge in [0.2, 0.25) is 0 Å². The fraction of sp³-hybridized carbons (Fsp3) is 0.368. The van der Waals surface area contributed by atoms with Crippen LogP contribution in [0.3, 0.4) is 0 Å². The van der Waals surface area contributed by atoms with E-state index in [9.17, 15) is 4.79 Å². The van der Waals surface area contributed by atoms with Gasteiger partial charge >= 0.3 is 0 Å². The Morgan fingerprint density at radius 3 is 2.81 bits per heavy atom. The van der Waals surface area contributed by atoms with Crippen LogP contribution < -0.4 is 4.74 Å². The molecule has 1 aromatic heterocycles. The van der Waals surface area contributed by atoms with Gasteiger partial charge < -0.3 is 14.4 Å². The number of aromatic nitrogens is 1. The van der Waals surface area contributed by atoms with E-state index in [1.54, 1.807) is 42.4 Å². The summed E-state index contributed by atoms with van der Waals surface area (Å²) in [7, 11) is 0. The van der Waals surface area contributed by atoms with Gasteiger partial charge in [-0.1, -0.05) is 23.2 Å². The molecule has 7 heteroatoms. The first-order valence-corrected chi connectivity index (χ1v) is 9.19. The smallest absolute Gasteiger partial charge is 0.263 e. The number of pyridine rings is 1. The van der Waals surface area contributed by atoms with Crippen LogP contribution in [0.5, 0.6) is 5.75 Å². The van der Waals surface area contributed by atoms with E-state index in [0.29, 0.717) is 35.5 Å². The lowest BCUT2D eigenvalue weighted by Crippen LogP contribution is -2.39. The molecule has 2 aromatic rings. The van der Waals surface area contributed by atoms with Crippen molar-refractivity contribution in [3.8, 4) is 5.75 Å².